The van der Waals surface area contributed by atoms with Gasteiger partial charge in [-0.3, -0.25) is 0 Å². The van der Waals surface area contributed by atoms with E-state index in [1.54, 1.807) is 0 Å². The van der Waals surface area contributed by atoms with Crippen LogP contribution >= 0.6 is 0 Å². The fraction of sp³-hybridized carbons (Fsp3) is 0.769. The van der Waals surface area contributed by atoms with Gasteiger partial charge in [0, 0.05) is 0 Å². The fourth-order valence-electron chi connectivity index (χ4n) is 1.54. The molecule has 0 radical (unpaired) electrons. The quantitative estimate of drug-likeness (QED) is 0.418. The number of hydrogen-bond acceptors (Lipinski definition) is 5. The van der Waals surface area contributed by atoms with Gasteiger partial charge in [-0.05, 0) is 34.1 Å². The molecule has 108 valence electrons. The van der Waals surface area contributed by atoms with E-state index >= 15 is 0 Å². The van der Waals surface area contributed by atoms with Crippen LogP contribution in [0.3, 0.4) is 0 Å². The van der Waals surface area contributed by atoms with Gasteiger partial charge in [0.15, 0.2) is 0 Å². The molecule has 5 nitrogen and oxygen atoms in total. The predicted octanol–water partition coefficient (Wildman–Crippen LogP) is 1.75. The van der Waals surface area contributed by atoms with E-state index in [1.165, 1.54) is 7.11 Å². The number of methoxy groups -OCH3 is 1. The molecule has 0 amide bonds. The van der Waals surface area contributed by atoms with Gasteiger partial charge >= 0.3 is 13.1 Å². The average molecular weight is 270 g/mol. The van der Waals surface area contributed by atoms with Crippen LogP contribution in [0.4, 0.5) is 0 Å². The summed E-state index contributed by atoms with van der Waals surface area (Å²) in [5.41, 5.74) is -0.632. The lowest BCUT2D eigenvalue weighted by atomic mass is 9.90. The molecule has 0 aromatic carbocycles. The van der Waals surface area contributed by atoms with Crippen LogP contribution in [-0.4, -0.2) is 44.6 Å². The van der Waals surface area contributed by atoms with Crippen molar-refractivity contribution in [2.24, 2.45) is 0 Å². The average Bonchev–Trinajstić information content (AvgIpc) is 2.51. The lowest BCUT2D eigenvalue weighted by molar-refractivity contribution is -0.145. The van der Waals surface area contributed by atoms with E-state index in [2.05, 4.69) is 4.74 Å². The number of rotatable bonds is 6. The molecule has 6 heteroatoms. The Balaban J connectivity index is 2.23. The van der Waals surface area contributed by atoms with Crippen LogP contribution < -0.4 is 0 Å². The second-order valence-corrected chi connectivity index (χ2v) is 5.47. The van der Waals surface area contributed by atoms with Crippen molar-refractivity contribution in [1.29, 1.82) is 0 Å². The minimum atomic E-state index is -0.366. The van der Waals surface area contributed by atoms with Crippen molar-refractivity contribution in [2.45, 2.75) is 45.3 Å². The summed E-state index contributed by atoms with van der Waals surface area (Å²) in [4.78, 5) is 10.8. The molecule has 19 heavy (non-hydrogen) atoms. The Kier molecular flexibility index (Phi) is 5.58. The molecule has 0 spiro atoms. The first-order valence-electron chi connectivity index (χ1n) is 6.45. The van der Waals surface area contributed by atoms with Crippen molar-refractivity contribution in [1.82, 2.24) is 0 Å². The van der Waals surface area contributed by atoms with E-state index in [-0.39, 0.29) is 30.9 Å². The third kappa shape index (κ3) is 4.64. The summed E-state index contributed by atoms with van der Waals surface area (Å²) in [6, 6.07) is 0. The van der Waals surface area contributed by atoms with Crippen LogP contribution in [0.15, 0.2) is 12.1 Å². The molecule has 1 aliphatic rings. The summed E-state index contributed by atoms with van der Waals surface area (Å²) in [5.74, 6) is 1.51. The predicted molar refractivity (Wildman–Crippen MR) is 72.7 cm³/mol. The van der Waals surface area contributed by atoms with Gasteiger partial charge < -0.3 is 18.8 Å². The van der Waals surface area contributed by atoms with Crippen molar-refractivity contribution >= 4 is 13.1 Å². The van der Waals surface area contributed by atoms with Gasteiger partial charge in [0.1, 0.15) is 6.61 Å². The highest BCUT2D eigenvalue weighted by Gasteiger charge is 2.49. The van der Waals surface area contributed by atoms with Gasteiger partial charge in [-0.2, -0.15) is 0 Å². The van der Waals surface area contributed by atoms with E-state index in [9.17, 15) is 4.79 Å². The molecule has 1 aliphatic heterocycles. The Morgan fingerprint density at radius 3 is 2.32 bits per heavy atom. The van der Waals surface area contributed by atoms with Crippen LogP contribution in [-0.2, 0) is 23.6 Å². The normalized spacial score (nSPS) is 21.0. The Labute approximate surface area is 115 Å². The number of carbonyl (C=O) groups is 1. The van der Waals surface area contributed by atoms with Crippen molar-refractivity contribution in [3.8, 4) is 0 Å². The molecular weight excluding hydrogens is 247 g/mol. The van der Waals surface area contributed by atoms with Crippen LogP contribution in [0.2, 0.25) is 0 Å². The summed E-state index contributed by atoms with van der Waals surface area (Å²) in [6.45, 7) is 8.51. The molecule has 0 N–H and O–H groups in total. The van der Waals surface area contributed by atoms with Gasteiger partial charge in [0.25, 0.3) is 0 Å². The second kappa shape index (κ2) is 6.54. The maximum absolute atomic E-state index is 10.8. The molecule has 1 saturated heterocycles. The maximum atomic E-state index is 10.8. The smallest absolute Gasteiger partial charge is 0.467 e. The van der Waals surface area contributed by atoms with Crippen LogP contribution in [0.1, 0.15) is 34.1 Å². The van der Waals surface area contributed by atoms with Gasteiger partial charge in [0.2, 0.25) is 0 Å². The van der Waals surface area contributed by atoms with Crippen LogP contribution in [0.5, 0.6) is 0 Å². The lowest BCUT2D eigenvalue weighted by Gasteiger charge is -2.32. The zero-order valence-corrected chi connectivity index (χ0v) is 12.4. The number of esters is 1. The van der Waals surface area contributed by atoms with E-state index in [1.807, 2.05) is 39.7 Å². The zero-order valence-electron chi connectivity index (χ0n) is 12.4. The van der Waals surface area contributed by atoms with E-state index < -0.39 is 0 Å². The highest BCUT2D eigenvalue weighted by Crippen LogP contribution is 2.36. The first kappa shape index (κ1) is 16.2. The van der Waals surface area contributed by atoms with Crippen molar-refractivity contribution in [2.75, 3.05) is 20.3 Å². The molecule has 0 aromatic heterocycles. The Morgan fingerprint density at radius 1 is 1.21 bits per heavy atom. The standard InChI is InChI=1S/C13H23BO5/c1-12(2)13(3,4)19-14(18-12)8-6-7-9-17-10-11(15)16-5/h6,8H,7,9-10H2,1-5H3/b8-6+. The summed E-state index contributed by atoms with van der Waals surface area (Å²) >= 11 is 0. The summed E-state index contributed by atoms with van der Waals surface area (Å²) in [5, 5.41) is 0. The van der Waals surface area contributed by atoms with Crippen molar-refractivity contribution in [3.05, 3.63) is 12.1 Å². The molecular formula is C13H23BO5. The van der Waals surface area contributed by atoms with E-state index in [0.29, 0.717) is 13.0 Å². The maximum Gasteiger partial charge on any atom is 0.486 e. The van der Waals surface area contributed by atoms with Crippen molar-refractivity contribution < 1.29 is 23.6 Å². The van der Waals surface area contributed by atoms with Crippen LogP contribution in [0.25, 0.3) is 0 Å². The Hall–Kier alpha value is -0.845. The fourth-order valence-corrected chi connectivity index (χ4v) is 1.54. The molecule has 0 bridgehead atoms. The third-order valence-corrected chi connectivity index (χ3v) is 3.44. The highest BCUT2D eigenvalue weighted by atomic mass is 16.7. The first-order valence-corrected chi connectivity index (χ1v) is 6.45. The summed E-state index contributed by atoms with van der Waals surface area (Å²) < 4.78 is 21.2. The number of ether oxygens (including phenoxy) is 2. The minimum absolute atomic E-state index is 0.0131. The van der Waals surface area contributed by atoms with Gasteiger partial charge in [0.05, 0.1) is 24.9 Å². The molecule has 0 saturated carbocycles. The van der Waals surface area contributed by atoms with Gasteiger partial charge in [-0.15, -0.1) is 0 Å². The zero-order chi connectivity index (χ0) is 14.5. The topological polar surface area (TPSA) is 54.0 Å². The molecule has 1 heterocycles. The SMILES string of the molecule is COC(=O)COCC/C=C/B1OC(C)(C)C(C)(C)O1. The van der Waals surface area contributed by atoms with Crippen molar-refractivity contribution in [3.63, 3.8) is 0 Å². The highest BCUT2D eigenvalue weighted by molar-refractivity contribution is 6.51. The molecule has 0 atom stereocenters. The largest absolute Gasteiger partial charge is 0.486 e. The first-order chi connectivity index (χ1) is 8.78. The summed E-state index contributed by atoms with van der Waals surface area (Å²) in [6.07, 6.45) is 2.63. The van der Waals surface area contributed by atoms with Gasteiger partial charge in [-0.25, -0.2) is 4.79 Å². The second-order valence-electron chi connectivity index (χ2n) is 5.47. The molecule has 1 rings (SSSR count). The van der Waals surface area contributed by atoms with E-state index in [4.69, 9.17) is 14.0 Å². The number of hydrogen-bond donors (Lipinski definition) is 0. The molecule has 0 unspecified atom stereocenters. The van der Waals surface area contributed by atoms with E-state index in [0.717, 1.165) is 0 Å². The summed E-state index contributed by atoms with van der Waals surface area (Å²) in [7, 11) is 1.01. The molecule has 0 aliphatic carbocycles. The third-order valence-electron chi connectivity index (χ3n) is 3.44. The Morgan fingerprint density at radius 2 is 1.79 bits per heavy atom. The Bertz CT molecular complexity index is 322. The number of carbonyl (C=O) groups excluding carboxylic acids is 1. The lowest BCUT2D eigenvalue weighted by Crippen LogP contribution is -2.41. The minimum Gasteiger partial charge on any atom is -0.467 e. The molecule has 1 fully saturated rings. The van der Waals surface area contributed by atoms with Crippen LogP contribution in [0, 0.1) is 0 Å². The molecule has 0 aromatic rings. The van der Waals surface area contributed by atoms with Gasteiger partial charge in [-0.1, -0.05) is 12.1 Å². The monoisotopic (exact) mass is 270 g/mol.